The summed E-state index contributed by atoms with van der Waals surface area (Å²) in [7, 11) is 0. The molecule has 0 aliphatic carbocycles. The molecule has 10 aromatic rings. The first-order valence-electron chi connectivity index (χ1n) is 16.4. The lowest BCUT2D eigenvalue weighted by molar-refractivity contribution is 0.669. The van der Waals surface area contributed by atoms with Gasteiger partial charge >= 0.3 is 0 Å². The number of thiophene rings is 1. The smallest absolute Gasteiger partial charge is 0.138 e. The molecule has 0 saturated carbocycles. The molecule has 3 aromatic heterocycles. The zero-order valence-corrected chi connectivity index (χ0v) is 27.2. The zero-order valence-electron chi connectivity index (χ0n) is 26.4. The molecule has 3 nitrogen and oxygen atoms in total. The molecule has 49 heavy (non-hydrogen) atoms. The predicted octanol–water partition coefficient (Wildman–Crippen LogP) is 13.3. The number of benzene rings is 7. The molecular weight excluding hydrogens is 617 g/mol. The van der Waals surface area contributed by atoms with Crippen LogP contribution in [0.25, 0.3) is 75.1 Å². The van der Waals surface area contributed by atoms with E-state index >= 15 is 0 Å². The summed E-state index contributed by atoms with van der Waals surface area (Å²) in [6, 6.07) is 56.3. The number of anilines is 3. The second-order valence-corrected chi connectivity index (χ2v) is 13.4. The van der Waals surface area contributed by atoms with E-state index in [0.29, 0.717) is 0 Å². The Balaban J connectivity index is 1.18. The van der Waals surface area contributed by atoms with E-state index in [4.69, 9.17) is 4.42 Å². The minimum atomic E-state index is 0.860. The van der Waals surface area contributed by atoms with Crippen LogP contribution in [0, 0.1) is 0 Å². The molecule has 4 heteroatoms. The Morgan fingerprint density at radius 1 is 0.469 bits per heavy atom. The molecule has 0 unspecified atom stereocenters. The van der Waals surface area contributed by atoms with Gasteiger partial charge in [0.25, 0.3) is 0 Å². The Labute approximate surface area is 286 Å². The largest absolute Gasteiger partial charge is 0.456 e. The van der Waals surface area contributed by atoms with Crippen LogP contribution in [0.3, 0.4) is 0 Å². The highest BCUT2D eigenvalue weighted by Gasteiger charge is 2.22. The van der Waals surface area contributed by atoms with Crippen LogP contribution in [-0.2, 0) is 0 Å². The van der Waals surface area contributed by atoms with Gasteiger partial charge in [0.1, 0.15) is 11.2 Å². The fourth-order valence-corrected chi connectivity index (χ4v) is 8.63. The first-order chi connectivity index (χ1) is 24.3. The van der Waals surface area contributed by atoms with Gasteiger partial charge in [-0.3, -0.25) is 4.98 Å². The molecule has 0 fully saturated rings. The van der Waals surface area contributed by atoms with E-state index in [0.717, 1.165) is 60.9 Å². The number of hydrogen-bond donors (Lipinski definition) is 0. The van der Waals surface area contributed by atoms with Crippen molar-refractivity contribution in [2.45, 2.75) is 0 Å². The van der Waals surface area contributed by atoms with Crippen molar-refractivity contribution in [2.24, 2.45) is 0 Å². The number of rotatable bonds is 5. The van der Waals surface area contributed by atoms with Gasteiger partial charge < -0.3 is 9.32 Å². The Bertz CT molecular complexity index is 2820. The van der Waals surface area contributed by atoms with Crippen molar-refractivity contribution in [1.29, 1.82) is 0 Å². The highest BCUT2D eigenvalue weighted by molar-refractivity contribution is 7.26. The molecular formula is C45H28N2OS. The number of nitrogens with zero attached hydrogens (tertiary/aromatic N) is 2. The van der Waals surface area contributed by atoms with Crippen molar-refractivity contribution in [2.75, 3.05) is 4.90 Å². The topological polar surface area (TPSA) is 29.3 Å². The number of aromatic nitrogens is 1. The Hall–Kier alpha value is -6.23. The number of para-hydroxylation sites is 1. The van der Waals surface area contributed by atoms with Crippen LogP contribution in [0.5, 0.6) is 0 Å². The molecule has 10 rings (SSSR count). The van der Waals surface area contributed by atoms with E-state index < -0.39 is 0 Å². The molecule has 0 radical (unpaired) electrons. The van der Waals surface area contributed by atoms with Crippen molar-refractivity contribution in [3.63, 3.8) is 0 Å². The quantitative estimate of drug-likeness (QED) is 0.187. The molecule has 0 aliphatic heterocycles. The highest BCUT2D eigenvalue weighted by Crippen LogP contribution is 2.47. The van der Waals surface area contributed by atoms with Gasteiger partial charge in [0.15, 0.2) is 0 Å². The number of hydrogen-bond acceptors (Lipinski definition) is 4. The molecule has 0 saturated heterocycles. The maximum absolute atomic E-state index is 6.69. The van der Waals surface area contributed by atoms with E-state index in [2.05, 4.69) is 168 Å². The van der Waals surface area contributed by atoms with Gasteiger partial charge in [0, 0.05) is 66.2 Å². The fourth-order valence-electron chi connectivity index (χ4n) is 7.39. The number of furan rings is 1. The molecule has 0 bridgehead atoms. The highest BCUT2D eigenvalue weighted by atomic mass is 32.1. The third kappa shape index (κ3) is 4.46. The summed E-state index contributed by atoms with van der Waals surface area (Å²) in [4.78, 5) is 6.61. The van der Waals surface area contributed by atoms with Crippen molar-refractivity contribution < 1.29 is 4.42 Å². The first-order valence-corrected chi connectivity index (χ1v) is 17.3. The third-order valence-electron chi connectivity index (χ3n) is 9.57. The fraction of sp³-hybridized carbons (Fsp3) is 0. The summed E-state index contributed by atoms with van der Waals surface area (Å²) in [6.45, 7) is 0. The Morgan fingerprint density at radius 2 is 1.12 bits per heavy atom. The Morgan fingerprint density at radius 3 is 1.96 bits per heavy atom. The number of fused-ring (bicyclic) bond motifs is 8. The second-order valence-electron chi connectivity index (χ2n) is 12.3. The van der Waals surface area contributed by atoms with Crippen LogP contribution in [0.15, 0.2) is 175 Å². The molecule has 7 aromatic carbocycles. The molecule has 3 heterocycles. The summed E-state index contributed by atoms with van der Waals surface area (Å²) in [6.07, 6.45) is 3.69. The second kappa shape index (κ2) is 11.2. The van der Waals surface area contributed by atoms with E-state index in [1.54, 1.807) is 0 Å². The van der Waals surface area contributed by atoms with Crippen LogP contribution < -0.4 is 4.90 Å². The van der Waals surface area contributed by atoms with Gasteiger partial charge in [-0.1, -0.05) is 103 Å². The zero-order chi connectivity index (χ0) is 32.3. The van der Waals surface area contributed by atoms with Crippen molar-refractivity contribution in [3.05, 3.63) is 170 Å². The van der Waals surface area contributed by atoms with Crippen LogP contribution in [0.4, 0.5) is 17.1 Å². The summed E-state index contributed by atoms with van der Waals surface area (Å²) in [5.74, 6) is 0. The van der Waals surface area contributed by atoms with Crippen molar-refractivity contribution >= 4 is 81.3 Å². The van der Waals surface area contributed by atoms with Gasteiger partial charge in [-0.15, -0.1) is 11.3 Å². The molecule has 0 N–H and O–H groups in total. The van der Waals surface area contributed by atoms with Crippen LogP contribution in [0.2, 0.25) is 0 Å². The monoisotopic (exact) mass is 644 g/mol. The maximum atomic E-state index is 6.69. The van der Waals surface area contributed by atoms with Crippen LogP contribution in [-0.4, -0.2) is 4.98 Å². The summed E-state index contributed by atoms with van der Waals surface area (Å²) in [5, 5.41) is 7.19. The molecule has 0 atom stereocenters. The minimum absolute atomic E-state index is 0.860. The lowest BCUT2D eigenvalue weighted by Gasteiger charge is -2.27. The standard InChI is InChI=1S/C45H28N2OS/c1-2-10-31(11-3-1)47(32-22-20-29(21-23-32)34-16-8-17-38-36-13-6-7-19-42(36)49-45(34)38)39-28-41-44(37-14-5-4-12-35(37)39)43-33(15-9-18-40(43)48-41)30-24-26-46-27-25-30/h1-28H. The number of pyridine rings is 1. The summed E-state index contributed by atoms with van der Waals surface area (Å²) in [5.41, 5.74) is 9.69. The van der Waals surface area contributed by atoms with Gasteiger partial charge in [0.05, 0.1) is 5.69 Å². The molecule has 0 aliphatic rings. The maximum Gasteiger partial charge on any atom is 0.138 e. The van der Waals surface area contributed by atoms with Crippen LogP contribution in [0.1, 0.15) is 0 Å². The lowest BCUT2D eigenvalue weighted by atomic mass is 9.96. The van der Waals surface area contributed by atoms with Crippen LogP contribution >= 0.6 is 11.3 Å². The van der Waals surface area contributed by atoms with E-state index in [1.165, 1.54) is 31.3 Å². The van der Waals surface area contributed by atoms with Crippen molar-refractivity contribution in [3.8, 4) is 22.3 Å². The van der Waals surface area contributed by atoms with Crippen molar-refractivity contribution in [1.82, 2.24) is 4.98 Å². The van der Waals surface area contributed by atoms with Gasteiger partial charge in [-0.2, -0.15) is 0 Å². The summed E-state index contributed by atoms with van der Waals surface area (Å²) >= 11 is 1.87. The Kier molecular flexibility index (Phi) is 6.36. The normalized spacial score (nSPS) is 11.7. The summed E-state index contributed by atoms with van der Waals surface area (Å²) < 4.78 is 9.33. The molecule has 0 amide bonds. The molecule has 230 valence electrons. The average Bonchev–Trinajstić information content (AvgIpc) is 3.75. The van der Waals surface area contributed by atoms with Gasteiger partial charge in [-0.05, 0) is 76.2 Å². The molecule has 0 spiro atoms. The van der Waals surface area contributed by atoms with E-state index in [-0.39, 0.29) is 0 Å². The van der Waals surface area contributed by atoms with E-state index in [1.807, 2.05) is 23.7 Å². The predicted molar refractivity (Wildman–Crippen MR) is 207 cm³/mol. The van der Waals surface area contributed by atoms with Gasteiger partial charge in [-0.25, -0.2) is 0 Å². The lowest BCUT2D eigenvalue weighted by Crippen LogP contribution is -2.10. The average molecular weight is 645 g/mol. The van der Waals surface area contributed by atoms with Gasteiger partial charge in [0.2, 0.25) is 0 Å². The first kappa shape index (κ1) is 27.8. The third-order valence-corrected chi connectivity index (χ3v) is 10.8. The van der Waals surface area contributed by atoms with E-state index in [9.17, 15) is 0 Å². The minimum Gasteiger partial charge on any atom is -0.456 e. The SMILES string of the molecule is c1ccc(N(c2ccc(-c3cccc4c3sc3ccccc34)cc2)c2cc3oc4cccc(-c5ccncc5)c4c3c3ccccc23)cc1.